The number of aliphatic hydroxyl groups is 1. The van der Waals surface area contributed by atoms with Crippen molar-refractivity contribution < 1.29 is 9.90 Å². The maximum Gasteiger partial charge on any atom is 0.220 e. The van der Waals surface area contributed by atoms with Crippen LogP contribution in [0.2, 0.25) is 0 Å². The normalized spacial score (nSPS) is 19.4. The van der Waals surface area contributed by atoms with E-state index in [0.717, 1.165) is 64.1 Å². The Morgan fingerprint density at radius 3 is 2.54 bits per heavy atom. The number of halogens is 1. The molecule has 0 aromatic heterocycles. The molecular formula is C19H37IN4O2. The molecule has 0 spiro atoms. The van der Waals surface area contributed by atoms with E-state index >= 15 is 0 Å². The van der Waals surface area contributed by atoms with Gasteiger partial charge in [0.2, 0.25) is 5.91 Å². The standard InChI is InChI=1S/C19H36N4O2.HI/c1-2-20-18(21-13-6-7-17(25)23-16-8-9-16)22-15-19(12-14-24)10-4-3-5-11-19;/h16,24H,2-15H2,1H3,(H,23,25)(H2,20,21,22);1H. The van der Waals surface area contributed by atoms with Gasteiger partial charge in [0, 0.05) is 38.7 Å². The van der Waals surface area contributed by atoms with Gasteiger partial charge in [-0.1, -0.05) is 19.3 Å². The lowest BCUT2D eigenvalue weighted by molar-refractivity contribution is -0.121. The van der Waals surface area contributed by atoms with Crippen LogP contribution in [0.25, 0.3) is 0 Å². The Hall–Kier alpha value is -0.570. The number of nitrogens with zero attached hydrogens (tertiary/aromatic N) is 1. The molecule has 0 bridgehead atoms. The number of amides is 1. The molecule has 2 saturated carbocycles. The summed E-state index contributed by atoms with van der Waals surface area (Å²) in [5, 5.41) is 19.1. The molecule has 7 heteroatoms. The molecule has 0 saturated heterocycles. The third kappa shape index (κ3) is 8.88. The molecule has 1 amide bonds. The summed E-state index contributed by atoms with van der Waals surface area (Å²) in [6.45, 7) is 4.64. The average molecular weight is 480 g/mol. The quantitative estimate of drug-likeness (QED) is 0.168. The van der Waals surface area contributed by atoms with Crippen molar-refractivity contribution in [3.8, 4) is 0 Å². The molecule has 4 N–H and O–H groups in total. The highest BCUT2D eigenvalue weighted by atomic mass is 127. The summed E-state index contributed by atoms with van der Waals surface area (Å²) < 4.78 is 0. The maximum atomic E-state index is 11.7. The number of hydrogen-bond acceptors (Lipinski definition) is 3. The second-order valence-corrected chi connectivity index (χ2v) is 7.60. The van der Waals surface area contributed by atoms with Crippen molar-refractivity contribution >= 4 is 35.8 Å². The van der Waals surface area contributed by atoms with E-state index in [-0.39, 0.29) is 41.9 Å². The fourth-order valence-electron chi connectivity index (χ4n) is 3.60. The summed E-state index contributed by atoms with van der Waals surface area (Å²) in [6, 6.07) is 0.442. The smallest absolute Gasteiger partial charge is 0.220 e. The van der Waals surface area contributed by atoms with Gasteiger partial charge in [-0.2, -0.15) is 0 Å². The number of guanidine groups is 1. The Labute approximate surface area is 175 Å². The number of rotatable bonds is 10. The zero-order chi connectivity index (χ0) is 18.0. The van der Waals surface area contributed by atoms with E-state index in [1.54, 1.807) is 0 Å². The first-order valence-electron chi connectivity index (χ1n) is 10.1. The number of carbonyl (C=O) groups excluding carboxylic acids is 1. The number of nitrogens with one attached hydrogen (secondary N) is 3. The van der Waals surface area contributed by atoms with Crippen molar-refractivity contribution in [3.63, 3.8) is 0 Å². The summed E-state index contributed by atoms with van der Waals surface area (Å²) in [4.78, 5) is 16.5. The molecule has 2 aliphatic rings. The Morgan fingerprint density at radius 1 is 1.19 bits per heavy atom. The van der Waals surface area contributed by atoms with Gasteiger partial charge in [0.05, 0.1) is 0 Å². The molecular weight excluding hydrogens is 443 g/mol. The number of aliphatic imine (C=N–C) groups is 1. The highest BCUT2D eigenvalue weighted by molar-refractivity contribution is 14.0. The van der Waals surface area contributed by atoms with E-state index < -0.39 is 0 Å². The largest absolute Gasteiger partial charge is 0.396 e. The van der Waals surface area contributed by atoms with E-state index in [4.69, 9.17) is 4.99 Å². The molecule has 2 rings (SSSR count). The molecule has 2 aliphatic carbocycles. The minimum absolute atomic E-state index is 0. The Kier molecular flexibility index (Phi) is 11.5. The van der Waals surface area contributed by atoms with Crippen LogP contribution in [0.15, 0.2) is 4.99 Å². The summed E-state index contributed by atoms with van der Waals surface area (Å²) in [6.07, 6.45) is 10.6. The van der Waals surface area contributed by atoms with Crippen LogP contribution in [0.5, 0.6) is 0 Å². The predicted molar refractivity (Wildman–Crippen MR) is 117 cm³/mol. The van der Waals surface area contributed by atoms with E-state index in [1.807, 2.05) is 0 Å². The Morgan fingerprint density at radius 2 is 1.92 bits per heavy atom. The topological polar surface area (TPSA) is 85.8 Å². The monoisotopic (exact) mass is 480 g/mol. The van der Waals surface area contributed by atoms with Gasteiger partial charge in [-0.3, -0.25) is 9.79 Å². The van der Waals surface area contributed by atoms with Gasteiger partial charge in [0.25, 0.3) is 0 Å². The van der Waals surface area contributed by atoms with Crippen LogP contribution in [0, 0.1) is 5.41 Å². The molecule has 0 atom stereocenters. The summed E-state index contributed by atoms with van der Waals surface area (Å²) in [7, 11) is 0. The maximum absolute atomic E-state index is 11.7. The lowest BCUT2D eigenvalue weighted by atomic mass is 9.72. The van der Waals surface area contributed by atoms with Crippen LogP contribution in [0.4, 0.5) is 0 Å². The van der Waals surface area contributed by atoms with Crippen LogP contribution in [0.1, 0.15) is 71.1 Å². The molecule has 0 unspecified atom stereocenters. The fraction of sp³-hybridized carbons (Fsp3) is 0.895. The molecule has 2 fully saturated rings. The first-order valence-corrected chi connectivity index (χ1v) is 10.1. The van der Waals surface area contributed by atoms with Gasteiger partial charge in [-0.15, -0.1) is 24.0 Å². The van der Waals surface area contributed by atoms with Crippen LogP contribution >= 0.6 is 24.0 Å². The van der Waals surface area contributed by atoms with Crippen molar-refractivity contribution in [2.45, 2.75) is 77.2 Å². The van der Waals surface area contributed by atoms with Crippen LogP contribution in [0.3, 0.4) is 0 Å². The zero-order valence-electron chi connectivity index (χ0n) is 16.2. The Balaban J connectivity index is 0.00000338. The summed E-state index contributed by atoms with van der Waals surface area (Å²) in [5.41, 5.74) is 0.166. The highest BCUT2D eigenvalue weighted by Gasteiger charge is 2.31. The second-order valence-electron chi connectivity index (χ2n) is 7.60. The first-order chi connectivity index (χ1) is 12.2. The first kappa shape index (κ1) is 23.5. The molecule has 0 aromatic carbocycles. The number of carbonyl (C=O) groups is 1. The summed E-state index contributed by atoms with van der Waals surface area (Å²) >= 11 is 0. The number of aliphatic hydroxyl groups excluding tert-OH is 1. The van der Waals surface area contributed by atoms with E-state index in [2.05, 4.69) is 22.9 Å². The SMILES string of the molecule is CCNC(=NCC1(CCO)CCCCC1)NCCCC(=O)NC1CC1.I. The predicted octanol–water partition coefficient (Wildman–Crippen LogP) is 2.55. The lowest BCUT2D eigenvalue weighted by Crippen LogP contribution is -2.39. The molecule has 0 aliphatic heterocycles. The van der Waals surface area contributed by atoms with Crippen LogP contribution in [-0.2, 0) is 4.79 Å². The average Bonchev–Trinajstić information content (AvgIpc) is 3.41. The molecule has 0 aromatic rings. The van der Waals surface area contributed by atoms with E-state index in [9.17, 15) is 9.90 Å². The molecule has 6 nitrogen and oxygen atoms in total. The third-order valence-corrected chi connectivity index (χ3v) is 5.29. The van der Waals surface area contributed by atoms with Crippen molar-refractivity contribution in [3.05, 3.63) is 0 Å². The molecule has 0 heterocycles. The zero-order valence-corrected chi connectivity index (χ0v) is 18.5. The van der Waals surface area contributed by atoms with Gasteiger partial charge in [-0.05, 0) is 50.9 Å². The third-order valence-electron chi connectivity index (χ3n) is 5.29. The van der Waals surface area contributed by atoms with Crippen molar-refractivity contribution in [2.75, 3.05) is 26.2 Å². The van der Waals surface area contributed by atoms with Gasteiger partial charge in [0.1, 0.15) is 0 Å². The van der Waals surface area contributed by atoms with Crippen LogP contribution < -0.4 is 16.0 Å². The molecule has 152 valence electrons. The minimum atomic E-state index is 0. The van der Waals surface area contributed by atoms with Gasteiger partial charge in [-0.25, -0.2) is 0 Å². The summed E-state index contributed by atoms with van der Waals surface area (Å²) in [5.74, 6) is 0.989. The van der Waals surface area contributed by atoms with Crippen LogP contribution in [-0.4, -0.2) is 49.3 Å². The van der Waals surface area contributed by atoms with Gasteiger partial charge >= 0.3 is 0 Å². The Bertz CT molecular complexity index is 430. The van der Waals surface area contributed by atoms with E-state index in [0.29, 0.717) is 12.5 Å². The lowest BCUT2D eigenvalue weighted by Gasteiger charge is -2.35. The second kappa shape index (κ2) is 12.8. The molecule has 26 heavy (non-hydrogen) atoms. The van der Waals surface area contributed by atoms with Crippen molar-refractivity contribution in [2.24, 2.45) is 10.4 Å². The molecule has 0 radical (unpaired) electrons. The number of hydrogen-bond donors (Lipinski definition) is 4. The van der Waals surface area contributed by atoms with E-state index in [1.165, 1.54) is 19.3 Å². The van der Waals surface area contributed by atoms with Crippen molar-refractivity contribution in [1.82, 2.24) is 16.0 Å². The minimum Gasteiger partial charge on any atom is -0.396 e. The fourth-order valence-corrected chi connectivity index (χ4v) is 3.60. The van der Waals surface area contributed by atoms with Gasteiger partial charge in [0.15, 0.2) is 5.96 Å². The van der Waals surface area contributed by atoms with Gasteiger partial charge < -0.3 is 21.1 Å². The highest BCUT2D eigenvalue weighted by Crippen LogP contribution is 2.39. The van der Waals surface area contributed by atoms with Crippen molar-refractivity contribution in [1.29, 1.82) is 0 Å².